The lowest BCUT2D eigenvalue weighted by Crippen LogP contribution is -2.13. The third-order valence-corrected chi connectivity index (χ3v) is 5.86. The van der Waals surface area contributed by atoms with E-state index in [-0.39, 0.29) is 5.91 Å². The summed E-state index contributed by atoms with van der Waals surface area (Å²) in [6.45, 7) is 6.10. The number of fused-ring (bicyclic) bond motifs is 1. The van der Waals surface area contributed by atoms with Crippen LogP contribution in [0.3, 0.4) is 0 Å². The Labute approximate surface area is 162 Å². The molecule has 0 aliphatic rings. The van der Waals surface area contributed by atoms with E-state index in [9.17, 15) is 4.79 Å². The highest BCUT2D eigenvalue weighted by atomic mass is 32.1. The lowest BCUT2D eigenvalue weighted by Gasteiger charge is -2.12. The minimum absolute atomic E-state index is 0.0702. The zero-order valence-electron chi connectivity index (χ0n) is 15.6. The Morgan fingerprint density at radius 3 is 2.63 bits per heavy atom. The van der Waals surface area contributed by atoms with E-state index >= 15 is 0 Å². The summed E-state index contributed by atoms with van der Waals surface area (Å²) < 4.78 is 1.91. The maximum absolute atomic E-state index is 12.9. The first-order valence-electron chi connectivity index (χ1n) is 9.03. The fraction of sp³-hybridized carbons (Fsp3) is 0.182. The van der Waals surface area contributed by atoms with Crippen LogP contribution in [0.5, 0.6) is 0 Å². The molecule has 0 spiro atoms. The maximum atomic E-state index is 12.9. The molecule has 0 radical (unpaired) electrons. The molecule has 0 aliphatic carbocycles. The Balaban J connectivity index is 1.72. The van der Waals surface area contributed by atoms with Crippen molar-refractivity contribution < 1.29 is 4.79 Å². The maximum Gasteiger partial charge on any atom is 0.265 e. The van der Waals surface area contributed by atoms with Crippen LogP contribution in [0, 0.1) is 13.8 Å². The molecule has 4 rings (SSSR count). The zero-order valence-corrected chi connectivity index (χ0v) is 16.4. The summed E-state index contributed by atoms with van der Waals surface area (Å²) in [7, 11) is 0. The number of benzene rings is 2. The van der Waals surface area contributed by atoms with Crippen LogP contribution in [0.1, 0.15) is 33.4 Å². The van der Waals surface area contributed by atoms with E-state index in [1.54, 1.807) is 0 Å². The molecule has 2 heterocycles. The predicted octanol–water partition coefficient (Wildman–Crippen LogP) is 5.52. The van der Waals surface area contributed by atoms with Crippen LogP contribution in [0.4, 0.5) is 5.69 Å². The lowest BCUT2D eigenvalue weighted by atomic mass is 10.1. The second-order valence-corrected chi connectivity index (χ2v) is 7.61. The fourth-order valence-corrected chi connectivity index (χ4v) is 4.36. The first kappa shape index (κ1) is 17.5. The van der Waals surface area contributed by atoms with E-state index < -0.39 is 0 Å². The lowest BCUT2D eigenvalue weighted by molar-refractivity contribution is 0.103. The number of aryl methyl sites for hydroxylation is 3. The van der Waals surface area contributed by atoms with Crippen molar-refractivity contribution in [2.45, 2.75) is 27.2 Å². The quantitative estimate of drug-likeness (QED) is 0.510. The minimum Gasteiger partial charge on any atom is -0.321 e. The molecule has 1 N–H and O–H groups in total. The van der Waals surface area contributed by atoms with Crippen molar-refractivity contribution in [1.82, 2.24) is 9.78 Å². The number of carbonyl (C=O) groups is 1. The molecular weight excluding hydrogens is 354 g/mol. The van der Waals surface area contributed by atoms with E-state index in [4.69, 9.17) is 0 Å². The van der Waals surface area contributed by atoms with Crippen molar-refractivity contribution in [1.29, 1.82) is 0 Å². The number of hydrogen-bond acceptors (Lipinski definition) is 3. The molecule has 0 atom stereocenters. The Morgan fingerprint density at radius 2 is 1.89 bits per heavy atom. The summed E-state index contributed by atoms with van der Waals surface area (Å²) in [6, 6.07) is 18.1. The van der Waals surface area contributed by atoms with Gasteiger partial charge in [0.05, 0.1) is 16.3 Å². The first-order valence-corrected chi connectivity index (χ1v) is 9.84. The SMILES string of the molecule is CCc1cccc(C)c1NC(=O)c1cc2c(C)nn(-c3ccccc3)c2s1. The molecule has 5 heteroatoms. The largest absolute Gasteiger partial charge is 0.321 e. The third-order valence-electron chi connectivity index (χ3n) is 4.75. The van der Waals surface area contributed by atoms with Gasteiger partial charge in [-0.25, -0.2) is 4.68 Å². The number of thiophene rings is 1. The van der Waals surface area contributed by atoms with Gasteiger partial charge in [-0.3, -0.25) is 4.79 Å². The van der Waals surface area contributed by atoms with Crippen LogP contribution in [0.2, 0.25) is 0 Å². The van der Waals surface area contributed by atoms with Gasteiger partial charge in [-0.2, -0.15) is 5.10 Å². The van der Waals surface area contributed by atoms with Crippen molar-refractivity contribution in [3.63, 3.8) is 0 Å². The molecule has 0 saturated heterocycles. The van der Waals surface area contributed by atoms with Crippen LogP contribution in [0.25, 0.3) is 15.9 Å². The van der Waals surface area contributed by atoms with Crippen molar-refractivity contribution in [2.75, 3.05) is 5.32 Å². The predicted molar refractivity (Wildman–Crippen MR) is 112 cm³/mol. The topological polar surface area (TPSA) is 46.9 Å². The number of aromatic nitrogens is 2. The number of nitrogens with one attached hydrogen (secondary N) is 1. The van der Waals surface area contributed by atoms with Crippen molar-refractivity contribution >= 4 is 33.1 Å². The molecule has 2 aromatic carbocycles. The monoisotopic (exact) mass is 375 g/mol. The Bertz CT molecular complexity index is 1130. The van der Waals surface area contributed by atoms with Crippen LogP contribution >= 0.6 is 11.3 Å². The Kier molecular flexibility index (Phi) is 4.54. The molecule has 1 amide bonds. The van der Waals surface area contributed by atoms with E-state index in [0.29, 0.717) is 4.88 Å². The normalized spacial score (nSPS) is 11.1. The van der Waals surface area contributed by atoms with Gasteiger partial charge in [0.25, 0.3) is 5.91 Å². The second-order valence-electron chi connectivity index (χ2n) is 6.58. The van der Waals surface area contributed by atoms with Gasteiger partial charge in [0.1, 0.15) is 4.83 Å². The third kappa shape index (κ3) is 3.15. The summed E-state index contributed by atoms with van der Waals surface area (Å²) in [5.74, 6) is -0.0702. The van der Waals surface area contributed by atoms with Crippen LogP contribution in [-0.2, 0) is 6.42 Å². The summed E-state index contributed by atoms with van der Waals surface area (Å²) in [5, 5.41) is 8.78. The number of anilines is 1. The number of rotatable bonds is 4. The van der Waals surface area contributed by atoms with Crippen molar-refractivity contribution in [3.05, 3.63) is 76.3 Å². The Morgan fingerprint density at radius 1 is 1.11 bits per heavy atom. The fourth-order valence-electron chi connectivity index (χ4n) is 3.28. The van der Waals surface area contributed by atoms with Crippen LogP contribution < -0.4 is 5.32 Å². The Hall–Kier alpha value is -2.92. The van der Waals surface area contributed by atoms with Gasteiger partial charge >= 0.3 is 0 Å². The van der Waals surface area contributed by atoms with Crippen LogP contribution in [-0.4, -0.2) is 15.7 Å². The summed E-state index contributed by atoms with van der Waals surface area (Å²) in [6.07, 6.45) is 0.881. The van der Waals surface area contributed by atoms with E-state index in [1.807, 2.05) is 67.1 Å². The van der Waals surface area contributed by atoms with E-state index in [2.05, 4.69) is 23.4 Å². The van der Waals surface area contributed by atoms with Gasteiger partial charge in [-0.1, -0.05) is 43.3 Å². The van der Waals surface area contributed by atoms with Gasteiger partial charge in [0, 0.05) is 11.1 Å². The average Bonchev–Trinajstić information content (AvgIpc) is 3.25. The molecule has 0 aliphatic heterocycles. The van der Waals surface area contributed by atoms with Crippen molar-refractivity contribution in [3.8, 4) is 5.69 Å². The van der Waals surface area contributed by atoms with Gasteiger partial charge in [-0.05, 0) is 49.6 Å². The number of para-hydroxylation sites is 2. The molecular formula is C22H21N3OS. The molecule has 0 bridgehead atoms. The summed E-state index contributed by atoms with van der Waals surface area (Å²) >= 11 is 1.47. The molecule has 0 fully saturated rings. The molecule has 27 heavy (non-hydrogen) atoms. The highest BCUT2D eigenvalue weighted by Crippen LogP contribution is 2.31. The van der Waals surface area contributed by atoms with Crippen LogP contribution in [0.15, 0.2) is 54.6 Å². The molecule has 2 aromatic heterocycles. The van der Waals surface area contributed by atoms with E-state index in [1.165, 1.54) is 11.3 Å². The van der Waals surface area contributed by atoms with Gasteiger partial charge in [0.15, 0.2) is 0 Å². The standard InChI is InChI=1S/C22H21N3OS/c1-4-16-10-8-9-14(2)20(16)23-21(26)19-13-18-15(3)24-25(22(18)27-19)17-11-6-5-7-12-17/h5-13H,4H2,1-3H3,(H,23,26). The smallest absolute Gasteiger partial charge is 0.265 e. The number of carbonyl (C=O) groups excluding carboxylic acids is 1. The molecule has 0 unspecified atom stereocenters. The van der Waals surface area contributed by atoms with Gasteiger partial charge in [0.2, 0.25) is 0 Å². The molecule has 4 aromatic rings. The highest BCUT2D eigenvalue weighted by Gasteiger charge is 2.18. The van der Waals surface area contributed by atoms with Gasteiger partial charge in [-0.15, -0.1) is 11.3 Å². The molecule has 4 nitrogen and oxygen atoms in total. The van der Waals surface area contributed by atoms with Crippen molar-refractivity contribution in [2.24, 2.45) is 0 Å². The average molecular weight is 375 g/mol. The number of amides is 1. The number of hydrogen-bond donors (Lipinski definition) is 1. The zero-order chi connectivity index (χ0) is 19.0. The summed E-state index contributed by atoms with van der Waals surface area (Å²) in [4.78, 5) is 14.6. The molecule has 136 valence electrons. The van der Waals surface area contributed by atoms with Gasteiger partial charge < -0.3 is 5.32 Å². The highest BCUT2D eigenvalue weighted by molar-refractivity contribution is 7.20. The summed E-state index contributed by atoms with van der Waals surface area (Å²) in [5.41, 5.74) is 5.07. The second kappa shape index (κ2) is 7.00. The number of nitrogens with zero attached hydrogens (tertiary/aromatic N) is 2. The first-order chi connectivity index (χ1) is 13.1. The molecule has 0 saturated carbocycles. The minimum atomic E-state index is -0.0702. The van der Waals surface area contributed by atoms with E-state index in [0.717, 1.165) is 44.8 Å².